The molecule has 2 rings (SSSR count). The van der Waals surface area contributed by atoms with Crippen LogP contribution >= 0.6 is 0 Å². The molecule has 120 valence electrons. The molecule has 0 aromatic heterocycles. The Hall–Kier alpha value is -2.89. The van der Waals surface area contributed by atoms with Crippen molar-refractivity contribution in [3.8, 4) is 11.5 Å². The van der Waals surface area contributed by atoms with Crippen molar-refractivity contribution in [2.45, 2.75) is 26.4 Å². The summed E-state index contributed by atoms with van der Waals surface area (Å²) in [4.78, 5) is 22.4. The lowest BCUT2D eigenvalue weighted by atomic mass is 10.1. The van der Waals surface area contributed by atoms with Gasteiger partial charge < -0.3 is 9.47 Å². The van der Waals surface area contributed by atoms with Gasteiger partial charge in [-0.1, -0.05) is 12.1 Å². The van der Waals surface area contributed by atoms with E-state index in [4.69, 9.17) is 9.47 Å². The van der Waals surface area contributed by atoms with Crippen LogP contribution in [0.1, 0.15) is 31.1 Å². The molecule has 23 heavy (non-hydrogen) atoms. The monoisotopic (exact) mass is 315 g/mol. The summed E-state index contributed by atoms with van der Waals surface area (Å²) in [5.41, 5.74) is -0.310. The topological polar surface area (TPSA) is 78.7 Å². The van der Waals surface area contributed by atoms with Crippen molar-refractivity contribution >= 4 is 11.7 Å². The first kappa shape index (κ1) is 16.5. The molecule has 0 saturated heterocycles. The Morgan fingerprint density at radius 1 is 1.04 bits per heavy atom. The number of para-hydroxylation sites is 2. The Labute approximate surface area is 133 Å². The molecule has 6 heteroatoms. The summed E-state index contributed by atoms with van der Waals surface area (Å²) in [6.45, 7) is 5.37. The summed E-state index contributed by atoms with van der Waals surface area (Å²) in [5, 5.41) is 11.0. The van der Waals surface area contributed by atoms with Crippen LogP contribution in [0.4, 0.5) is 5.69 Å². The molecule has 0 aliphatic rings. The van der Waals surface area contributed by atoms with Gasteiger partial charge in [-0.25, -0.2) is 4.79 Å². The highest BCUT2D eigenvalue weighted by Crippen LogP contribution is 2.30. The lowest BCUT2D eigenvalue weighted by Crippen LogP contribution is -2.23. The van der Waals surface area contributed by atoms with E-state index in [-0.39, 0.29) is 11.4 Å². The zero-order valence-corrected chi connectivity index (χ0v) is 13.1. The minimum atomic E-state index is -0.573. The lowest BCUT2D eigenvalue weighted by Gasteiger charge is -2.19. The number of hydrogen-bond donors (Lipinski definition) is 0. The van der Waals surface area contributed by atoms with Crippen molar-refractivity contribution in [3.63, 3.8) is 0 Å². The van der Waals surface area contributed by atoms with Gasteiger partial charge >= 0.3 is 11.7 Å². The molecule has 0 N–H and O–H groups in total. The highest BCUT2D eigenvalue weighted by atomic mass is 16.6. The molecular formula is C17H17NO5. The van der Waals surface area contributed by atoms with Gasteiger partial charge in [-0.15, -0.1) is 0 Å². The van der Waals surface area contributed by atoms with Crippen LogP contribution in [-0.4, -0.2) is 16.5 Å². The first-order valence-corrected chi connectivity index (χ1v) is 7.01. The molecule has 0 heterocycles. The third-order valence-electron chi connectivity index (χ3n) is 2.78. The maximum absolute atomic E-state index is 11.9. The van der Waals surface area contributed by atoms with E-state index in [0.717, 1.165) is 0 Å². The number of ether oxygens (including phenoxy) is 2. The Morgan fingerprint density at radius 3 is 2.22 bits per heavy atom. The van der Waals surface area contributed by atoms with E-state index in [9.17, 15) is 14.9 Å². The fraction of sp³-hybridized carbons (Fsp3) is 0.235. The van der Waals surface area contributed by atoms with Crippen LogP contribution in [-0.2, 0) is 4.74 Å². The molecule has 0 aliphatic carbocycles. The summed E-state index contributed by atoms with van der Waals surface area (Å²) in [6.07, 6.45) is 0. The minimum Gasteiger partial charge on any atom is -0.456 e. The standard InChI is InChI=1S/C17H17NO5/c1-17(2,3)23-16(19)12-8-10-13(11-9-12)22-15-7-5-4-6-14(15)18(20)21/h4-11H,1-3H3. The summed E-state index contributed by atoms with van der Waals surface area (Å²) in [6, 6.07) is 12.3. The van der Waals surface area contributed by atoms with E-state index in [2.05, 4.69) is 0 Å². The van der Waals surface area contributed by atoms with E-state index in [1.165, 1.54) is 12.1 Å². The first-order valence-electron chi connectivity index (χ1n) is 7.01. The number of benzene rings is 2. The van der Waals surface area contributed by atoms with Gasteiger partial charge in [-0.05, 0) is 51.1 Å². The maximum atomic E-state index is 11.9. The van der Waals surface area contributed by atoms with Gasteiger partial charge in [-0.2, -0.15) is 0 Å². The van der Waals surface area contributed by atoms with Gasteiger partial charge in [0.05, 0.1) is 10.5 Å². The third kappa shape index (κ3) is 4.54. The summed E-state index contributed by atoms with van der Waals surface area (Å²) < 4.78 is 10.8. The smallest absolute Gasteiger partial charge is 0.338 e. The Morgan fingerprint density at radius 2 is 1.65 bits per heavy atom. The number of carbonyl (C=O) groups is 1. The van der Waals surface area contributed by atoms with Crippen LogP contribution < -0.4 is 4.74 Å². The average molecular weight is 315 g/mol. The fourth-order valence-corrected chi connectivity index (χ4v) is 1.82. The highest BCUT2D eigenvalue weighted by Gasteiger charge is 2.18. The molecule has 6 nitrogen and oxygen atoms in total. The number of carbonyl (C=O) groups excluding carboxylic acids is 1. The van der Waals surface area contributed by atoms with Crippen LogP contribution in [0, 0.1) is 10.1 Å². The van der Waals surface area contributed by atoms with Gasteiger partial charge in [0.1, 0.15) is 11.4 Å². The summed E-state index contributed by atoms with van der Waals surface area (Å²) in [5.74, 6) is 0.101. The number of esters is 1. The Kier molecular flexibility index (Phi) is 4.64. The number of nitro benzene ring substituents is 1. The zero-order valence-electron chi connectivity index (χ0n) is 13.1. The minimum absolute atomic E-state index is 0.122. The predicted molar refractivity (Wildman–Crippen MR) is 84.8 cm³/mol. The van der Waals surface area contributed by atoms with Gasteiger partial charge in [0.2, 0.25) is 5.75 Å². The maximum Gasteiger partial charge on any atom is 0.338 e. The predicted octanol–water partition coefficient (Wildman–Crippen LogP) is 4.34. The van der Waals surface area contributed by atoms with Gasteiger partial charge in [-0.3, -0.25) is 10.1 Å². The van der Waals surface area contributed by atoms with Crippen molar-refractivity contribution in [1.29, 1.82) is 0 Å². The normalized spacial score (nSPS) is 10.9. The molecule has 2 aromatic rings. The van der Waals surface area contributed by atoms with E-state index >= 15 is 0 Å². The van der Waals surface area contributed by atoms with Crippen LogP contribution in [0.15, 0.2) is 48.5 Å². The van der Waals surface area contributed by atoms with E-state index < -0.39 is 16.5 Å². The highest BCUT2D eigenvalue weighted by molar-refractivity contribution is 5.89. The average Bonchev–Trinajstić information content (AvgIpc) is 2.46. The van der Waals surface area contributed by atoms with Crippen LogP contribution in [0.25, 0.3) is 0 Å². The molecular weight excluding hydrogens is 298 g/mol. The van der Waals surface area contributed by atoms with Crippen LogP contribution in [0.5, 0.6) is 11.5 Å². The molecule has 0 atom stereocenters. The van der Waals surface area contributed by atoms with Crippen LogP contribution in [0.3, 0.4) is 0 Å². The number of rotatable bonds is 4. The summed E-state index contributed by atoms with van der Waals surface area (Å²) in [7, 11) is 0. The molecule has 2 aromatic carbocycles. The van der Waals surface area contributed by atoms with Gasteiger partial charge in [0.15, 0.2) is 0 Å². The van der Waals surface area contributed by atoms with E-state index in [0.29, 0.717) is 11.3 Å². The molecule has 0 bridgehead atoms. The van der Waals surface area contributed by atoms with Gasteiger partial charge in [0, 0.05) is 6.07 Å². The lowest BCUT2D eigenvalue weighted by molar-refractivity contribution is -0.385. The Balaban J connectivity index is 2.15. The van der Waals surface area contributed by atoms with E-state index in [1.807, 2.05) is 0 Å². The molecule has 0 spiro atoms. The molecule has 0 unspecified atom stereocenters. The molecule has 0 radical (unpaired) electrons. The largest absolute Gasteiger partial charge is 0.456 e. The number of nitro groups is 1. The van der Waals surface area contributed by atoms with Crippen LogP contribution in [0.2, 0.25) is 0 Å². The number of nitrogens with zero attached hydrogens (tertiary/aromatic N) is 1. The quantitative estimate of drug-likeness (QED) is 0.476. The second kappa shape index (κ2) is 6.48. The molecule has 0 saturated carbocycles. The zero-order chi connectivity index (χ0) is 17.0. The second-order valence-corrected chi connectivity index (χ2v) is 5.85. The fourth-order valence-electron chi connectivity index (χ4n) is 1.82. The van der Waals surface area contributed by atoms with Crippen molar-refractivity contribution in [1.82, 2.24) is 0 Å². The van der Waals surface area contributed by atoms with Crippen molar-refractivity contribution in [3.05, 3.63) is 64.2 Å². The second-order valence-electron chi connectivity index (χ2n) is 5.85. The van der Waals surface area contributed by atoms with E-state index in [1.54, 1.807) is 57.2 Å². The molecule has 0 aliphatic heterocycles. The van der Waals surface area contributed by atoms with Gasteiger partial charge in [0.25, 0.3) is 0 Å². The molecule has 0 amide bonds. The third-order valence-corrected chi connectivity index (χ3v) is 2.78. The van der Waals surface area contributed by atoms with Crippen molar-refractivity contribution in [2.75, 3.05) is 0 Å². The summed E-state index contributed by atoms with van der Waals surface area (Å²) >= 11 is 0. The van der Waals surface area contributed by atoms with Crippen molar-refractivity contribution < 1.29 is 19.2 Å². The first-order chi connectivity index (χ1) is 10.8. The molecule has 0 fully saturated rings. The Bertz CT molecular complexity index is 717. The number of hydrogen-bond acceptors (Lipinski definition) is 5. The SMILES string of the molecule is CC(C)(C)OC(=O)c1ccc(Oc2ccccc2[N+](=O)[O-])cc1. The van der Waals surface area contributed by atoms with Crippen molar-refractivity contribution in [2.24, 2.45) is 0 Å².